The number of ketones is 1. The number of fused-ring (bicyclic) bond motifs is 1. The molecule has 1 heterocycles. The summed E-state index contributed by atoms with van der Waals surface area (Å²) in [4.78, 5) is 16.7. The largest absolute Gasteiger partial charge is 0.289 e. The topological polar surface area (TPSA) is 30.0 Å². The first kappa shape index (κ1) is 13.2. The molecule has 98 valence electrons. The molecule has 0 unspecified atom stereocenters. The van der Waals surface area contributed by atoms with Gasteiger partial charge >= 0.3 is 0 Å². The number of aromatic nitrogens is 1. The first-order valence-corrected chi connectivity index (χ1v) is 7.07. The van der Waals surface area contributed by atoms with Crippen molar-refractivity contribution in [3.8, 4) is 0 Å². The maximum absolute atomic E-state index is 13.1. The second kappa shape index (κ2) is 5.28. The molecule has 4 heteroatoms. The fourth-order valence-corrected chi connectivity index (χ4v) is 2.77. The van der Waals surface area contributed by atoms with Crippen molar-refractivity contribution in [3.63, 3.8) is 0 Å². The maximum atomic E-state index is 13.1. The lowest BCUT2D eigenvalue weighted by Gasteiger charge is -2.05. The Morgan fingerprint density at radius 2 is 1.95 bits per heavy atom. The van der Waals surface area contributed by atoms with Crippen LogP contribution in [0.5, 0.6) is 0 Å². The SMILES string of the molecule is O=C(c1ccc2ncccc2c1)c1ccc(F)cc1I. The smallest absolute Gasteiger partial charge is 0.194 e. The van der Waals surface area contributed by atoms with Gasteiger partial charge in [-0.05, 0) is 65.1 Å². The monoisotopic (exact) mass is 377 g/mol. The van der Waals surface area contributed by atoms with E-state index < -0.39 is 0 Å². The molecule has 0 saturated heterocycles. The molecule has 2 nitrogen and oxygen atoms in total. The lowest BCUT2D eigenvalue weighted by molar-refractivity contribution is 0.103. The molecule has 0 fully saturated rings. The summed E-state index contributed by atoms with van der Waals surface area (Å²) in [6, 6.07) is 13.3. The van der Waals surface area contributed by atoms with Crippen LogP contribution in [0.1, 0.15) is 15.9 Å². The fraction of sp³-hybridized carbons (Fsp3) is 0. The first-order valence-electron chi connectivity index (χ1n) is 6.00. The Hall–Kier alpha value is -1.82. The lowest BCUT2D eigenvalue weighted by Crippen LogP contribution is -2.04. The van der Waals surface area contributed by atoms with E-state index in [0.717, 1.165) is 10.9 Å². The van der Waals surface area contributed by atoms with Crippen molar-refractivity contribution in [1.29, 1.82) is 0 Å². The van der Waals surface area contributed by atoms with Gasteiger partial charge in [0.2, 0.25) is 0 Å². The van der Waals surface area contributed by atoms with Gasteiger partial charge in [-0.1, -0.05) is 6.07 Å². The minimum Gasteiger partial charge on any atom is -0.289 e. The predicted molar refractivity (Wildman–Crippen MR) is 84.3 cm³/mol. The number of benzene rings is 2. The molecular weight excluding hydrogens is 368 g/mol. The normalized spacial score (nSPS) is 10.7. The summed E-state index contributed by atoms with van der Waals surface area (Å²) in [5.41, 5.74) is 1.93. The number of nitrogens with zero attached hydrogens (tertiary/aromatic N) is 1. The summed E-state index contributed by atoms with van der Waals surface area (Å²) in [6.07, 6.45) is 1.72. The van der Waals surface area contributed by atoms with Crippen LogP contribution in [-0.2, 0) is 0 Å². The van der Waals surface area contributed by atoms with Crippen LogP contribution in [0.4, 0.5) is 4.39 Å². The van der Waals surface area contributed by atoms with Gasteiger partial charge in [0.05, 0.1) is 5.52 Å². The molecule has 0 atom stereocenters. The Bertz CT molecular complexity index is 816. The fourth-order valence-electron chi connectivity index (χ4n) is 2.05. The molecule has 0 spiro atoms. The second-order valence-electron chi connectivity index (χ2n) is 4.36. The minimum absolute atomic E-state index is 0.111. The molecule has 0 saturated carbocycles. The number of pyridine rings is 1. The molecule has 0 aliphatic heterocycles. The van der Waals surface area contributed by atoms with Gasteiger partial charge in [0, 0.05) is 26.3 Å². The summed E-state index contributed by atoms with van der Waals surface area (Å²) < 4.78 is 13.7. The maximum Gasteiger partial charge on any atom is 0.194 e. The number of hydrogen-bond donors (Lipinski definition) is 0. The number of halogens is 2. The van der Waals surface area contributed by atoms with E-state index in [1.54, 1.807) is 12.3 Å². The van der Waals surface area contributed by atoms with E-state index in [-0.39, 0.29) is 11.6 Å². The van der Waals surface area contributed by atoms with Gasteiger partial charge in [-0.3, -0.25) is 9.78 Å². The zero-order chi connectivity index (χ0) is 14.1. The lowest BCUT2D eigenvalue weighted by atomic mass is 10.0. The van der Waals surface area contributed by atoms with E-state index in [9.17, 15) is 9.18 Å². The number of carbonyl (C=O) groups is 1. The van der Waals surface area contributed by atoms with Crippen LogP contribution in [0.25, 0.3) is 10.9 Å². The highest BCUT2D eigenvalue weighted by atomic mass is 127. The third kappa shape index (κ3) is 2.43. The van der Waals surface area contributed by atoms with Gasteiger partial charge in [-0.25, -0.2) is 4.39 Å². The van der Waals surface area contributed by atoms with Crippen LogP contribution in [0.3, 0.4) is 0 Å². The third-order valence-electron chi connectivity index (χ3n) is 3.04. The van der Waals surface area contributed by atoms with Crippen LogP contribution in [0.15, 0.2) is 54.7 Å². The molecule has 3 rings (SSSR count). The highest BCUT2D eigenvalue weighted by molar-refractivity contribution is 14.1. The Labute approximate surface area is 128 Å². The van der Waals surface area contributed by atoms with Crippen LogP contribution in [0.2, 0.25) is 0 Å². The minimum atomic E-state index is -0.339. The van der Waals surface area contributed by atoms with E-state index in [4.69, 9.17) is 0 Å². The van der Waals surface area contributed by atoms with Gasteiger partial charge in [0.25, 0.3) is 0 Å². The predicted octanol–water partition coefficient (Wildman–Crippen LogP) is 4.21. The zero-order valence-corrected chi connectivity index (χ0v) is 12.5. The van der Waals surface area contributed by atoms with Crippen LogP contribution in [-0.4, -0.2) is 10.8 Å². The van der Waals surface area contributed by atoms with Gasteiger partial charge in [-0.2, -0.15) is 0 Å². The molecule has 3 aromatic rings. The summed E-state index contributed by atoms with van der Waals surface area (Å²) in [5, 5.41) is 0.912. The molecule has 0 radical (unpaired) electrons. The van der Waals surface area contributed by atoms with E-state index in [1.165, 1.54) is 18.2 Å². The molecule has 0 aliphatic carbocycles. The molecule has 0 bridgehead atoms. The van der Waals surface area contributed by atoms with Crippen molar-refractivity contribution in [2.24, 2.45) is 0 Å². The molecular formula is C16H9FINO. The Morgan fingerprint density at radius 3 is 2.75 bits per heavy atom. The molecule has 0 aliphatic rings. The van der Waals surface area contributed by atoms with Gasteiger partial charge < -0.3 is 0 Å². The van der Waals surface area contributed by atoms with Gasteiger partial charge in [0.1, 0.15) is 5.82 Å². The van der Waals surface area contributed by atoms with Gasteiger partial charge in [-0.15, -0.1) is 0 Å². The first-order chi connectivity index (χ1) is 9.65. The van der Waals surface area contributed by atoms with Crippen LogP contribution in [0, 0.1) is 9.39 Å². The summed E-state index contributed by atoms with van der Waals surface area (Å²) in [7, 11) is 0. The Balaban J connectivity index is 2.08. The number of carbonyl (C=O) groups excluding carboxylic acids is 1. The van der Waals surface area contributed by atoms with Crippen molar-refractivity contribution < 1.29 is 9.18 Å². The van der Waals surface area contributed by atoms with E-state index >= 15 is 0 Å². The highest BCUT2D eigenvalue weighted by Gasteiger charge is 2.13. The van der Waals surface area contributed by atoms with Gasteiger partial charge in [0.15, 0.2) is 5.78 Å². The van der Waals surface area contributed by atoms with E-state index in [2.05, 4.69) is 4.98 Å². The standard InChI is InChI=1S/C16H9FINO/c17-12-4-5-13(14(18)9-12)16(20)11-3-6-15-10(8-11)2-1-7-19-15/h1-9H. The van der Waals surface area contributed by atoms with Crippen molar-refractivity contribution in [1.82, 2.24) is 4.98 Å². The molecule has 2 aromatic carbocycles. The molecule has 0 N–H and O–H groups in total. The Morgan fingerprint density at radius 1 is 1.10 bits per heavy atom. The molecule has 20 heavy (non-hydrogen) atoms. The molecule has 0 amide bonds. The number of rotatable bonds is 2. The van der Waals surface area contributed by atoms with Crippen LogP contribution >= 0.6 is 22.6 Å². The summed E-state index contributed by atoms with van der Waals surface area (Å²) in [5.74, 6) is -0.450. The average molecular weight is 377 g/mol. The third-order valence-corrected chi connectivity index (χ3v) is 3.93. The van der Waals surface area contributed by atoms with Crippen molar-refractivity contribution in [3.05, 3.63) is 75.2 Å². The van der Waals surface area contributed by atoms with E-state index in [1.807, 2.05) is 46.9 Å². The van der Waals surface area contributed by atoms with Crippen LogP contribution < -0.4 is 0 Å². The zero-order valence-electron chi connectivity index (χ0n) is 10.3. The average Bonchev–Trinajstić information content (AvgIpc) is 2.46. The number of hydrogen-bond acceptors (Lipinski definition) is 2. The van der Waals surface area contributed by atoms with Crippen molar-refractivity contribution >= 4 is 39.3 Å². The van der Waals surface area contributed by atoms with E-state index in [0.29, 0.717) is 14.7 Å². The summed E-state index contributed by atoms with van der Waals surface area (Å²) >= 11 is 1.97. The quantitative estimate of drug-likeness (QED) is 0.495. The molecule has 1 aromatic heterocycles. The Kier molecular flexibility index (Phi) is 3.48. The summed E-state index contributed by atoms with van der Waals surface area (Å²) in [6.45, 7) is 0. The van der Waals surface area contributed by atoms with Crippen molar-refractivity contribution in [2.75, 3.05) is 0 Å². The van der Waals surface area contributed by atoms with Crippen molar-refractivity contribution in [2.45, 2.75) is 0 Å². The second-order valence-corrected chi connectivity index (χ2v) is 5.53. The highest BCUT2D eigenvalue weighted by Crippen LogP contribution is 2.20.